The third-order valence-electron chi connectivity index (χ3n) is 2.45. The number of unbranched alkanes of at least 4 members (excludes halogenated alkanes) is 1. The molecule has 1 heterocycles. The molecule has 1 heteroatoms. The van der Waals surface area contributed by atoms with Gasteiger partial charge in [-0.25, -0.2) is 0 Å². The molecule has 1 saturated heterocycles. The van der Waals surface area contributed by atoms with Crippen LogP contribution in [0.3, 0.4) is 0 Å². The van der Waals surface area contributed by atoms with Crippen molar-refractivity contribution in [3.8, 4) is 0 Å². The summed E-state index contributed by atoms with van der Waals surface area (Å²) in [7, 11) is 0.571. The molecule has 0 spiro atoms. The van der Waals surface area contributed by atoms with E-state index in [1.807, 2.05) is 0 Å². The molecule has 1 fully saturated rings. The van der Waals surface area contributed by atoms with Crippen molar-refractivity contribution in [2.45, 2.75) is 39.5 Å². The SMILES string of the molecule is CC(C)CCCCP1CCC1. The van der Waals surface area contributed by atoms with Gasteiger partial charge < -0.3 is 0 Å². The summed E-state index contributed by atoms with van der Waals surface area (Å²) >= 11 is 0. The second-order valence-corrected chi connectivity index (χ2v) is 6.77. The van der Waals surface area contributed by atoms with Crippen LogP contribution in [0.4, 0.5) is 0 Å². The molecule has 0 amide bonds. The van der Waals surface area contributed by atoms with E-state index in [-0.39, 0.29) is 0 Å². The molecule has 0 radical (unpaired) electrons. The Balaban J connectivity index is 1.80. The zero-order valence-corrected chi connectivity index (χ0v) is 8.87. The highest BCUT2D eigenvalue weighted by Gasteiger charge is 2.15. The molecule has 66 valence electrons. The van der Waals surface area contributed by atoms with Crippen LogP contribution in [-0.2, 0) is 0 Å². The van der Waals surface area contributed by atoms with Gasteiger partial charge in [0.2, 0.25) is 0 Å². The van der Waals surface area contributed by atoms with Crippen molar-refractivity contribution in [2.24, 2.45) is 5.92 Å². The van der Waals surface area contributed by atoms with Gasteiger partial charge in [0, 0.05) is 0 Å². The molecule has 0 unspecified atom stereocenters. The quantitative estimate of drug-likeness (QED) is 0.438. The third kappa shape index (κ3) is 4.11. The Morgan fingerprint density at radius 2 is 1.91 bits per heavy atom. The van der Waals surface area contributed by atoms with E-state index in [0.717, 1.165) is 5.92 Å². The fourth-order valence-corrected chi connectivity index (χ4v) is 3.37. The van der Waals surface area contributed by atoms with Crippen molar-refractivity contribution in [1.82, 2.24) is 0 Å². The standard InChI is InChI=1S/C10H21P/c1-10(2)6-3-4-7-11-8-5-9-11/h10H,3-9H2,1-2H3. The maximum Gasteiger partial charge on any atom is -0.0323 e. The van der Waals surface area contributed by atoms with E-state index < -0.39 is 0 Å². The Labute approximate surface area is 72.5 Å². The lowest BCUT2D eigenvalue weighted by molar-refractivity contribution is 0.550. The van der Waals surface area contributed by atoms with Gasteiger partial charge in [-0.05, 0) is 37.2 Å². The number of hydrogen-bond donors (Lipinski definition) is 0. The first-order valence-electron chi connectivity index (χ1n) is 5.01. The topological polar surface area (TPSA) is 0 Å². The highest BCUT2D eigenvalue weighted by Crippen LogP contribution is 2.46. The van der Waals surface area contributed by atoms with Gasteiger partial charge in [-0.1, -0.05) is 26.7 Å². The van der Waals surface area contributed by atoms with Gasteiger partial charge in [0.1, 0.15) is 0 Å². The second-order valence-electron chi connectivity index (χ2n) is 4.08. The molecule has 0 aromatic carbocycles. The fourth-order valence-electron chi connectivity index (χ4n) is 1.49. The molecule has 0 aromatic rings. The highest BCUT2D eigenvalue weighted by atomic mass is 31.1. The number of hydrogen-bond acceptors (Lipinski definition) is 0. The van der Waals surface area contributed by atoms with Gasteiger partial charge in [-0.15, -0.1) is 7.92 Å². The zero-order chi connectivity index (χ0) is 8.10. The molecule has 0 saturated carbocycles. The van der Waals surface area contributed by atoms with Crippen LogP contribution >= 0.6 is 7.92 Å². The summed E-state index contributed by atoms with van der Waals surface area (Å²) in [5, 5.41) is 0. The van der Waals surface area contributed by atoms with E-state index in [1.54, 1.807) is 18.5 Å². The molecule has 1 aliphatic heterocycles. The molecular weight excluding hydrogens is 151 g/mol. The van der Waals surface area contributed by atoms with Crippen LogP contribution in [0, 0.1) is 5.92 Å². The van der Waals surface area contributed by atoms with Gasteiger partial charge in [0.05, 0.1) is 0 Å². The molecular formula is C10H21P. The summed E-state index contributed by atoms with van der Waals surface area (Å²) in [6.45, 7) is 4.66. The smallest absolute Gasteiger partial charge is 0.0323 e. The zero-order valence-electron chi connectivity index (χ0n) is 7.97. The summed E-state index contributed by atoms with van der Waals surface area (Å²) in [6.07, 6.45) is 10.8. The first kappa shape index (κ1) is 9.52. The van der Waals surface area contributed by atoms with Crippen molar-refractivity contribution in [3.63, 3.8) is 0 Å². The number of rotatable bonds is 5. The maximum atomic E-state index is 2.33. The fraction of sp³-hybridized carbons (Fsp3) is 1.00. The van der Waals surface area contributed by atoms with Crippen LogP contribution in [-0.4, -0.2) is 18.5 Å². The van der Waals surface area contributed by atoms with Crippen LogP contribution in [0.5, 0.6) is 0 Å². The van der Waals surface area contributed by atoms with Crippen LogP contribution < -0.4 is 0 Å². The predicted molar refractivity (Wildman–Crippen MR) is 54.8 cm³/mol. The van der Waals surface area contributed by atoms with E-state index in [4.69, 9.17) is 0 Å². The summed E-state index contributed by atoms with van der Waals surface area (Å²) in [5.41, 5.74) is 0. The van der Waals surface area contributed by atoms with E-state index in [9.17, 15) is 0 Å². The average molecular weight is 172 g/mol. The summed E-state index contributed by atoms with van der Waals surface area (Å²) < 4.78 is 0. The van der Waals surface area contributed by atoms with E-state index in [1.165, 1.54) is 25.7 Å². The summed E-state index contributed by atoms with van der Waals surface area (Å²) in [6, 6.07) is 0. The third-order valence-corrected chi connectivity index (χ3v) is 5.30. The van der Waals surface area contributed by atoms with Crippen molar-refractivity contribution in [2.75, 3.05) is 18.5 Å². The summed E-state index contributed by atoms with van der Waals surface area (Å²) in [5.74, 6) is 0.921. The lowest BCUT2D eigenvalue weighted by Crippen LogP contribution is -2.06. The first-order valence-corrected chi connectivity index (χ1v) is 6.91. The molecule has 0 N–H and O–H groups in total. The Kier molecular flexibility index (Phi) is 4.45. The van der Waals surface area contributed by atoms with E-state index >= 15 is 0 Å². The van der Waals surface area contributed by atoms with Crippen LogP contribution in [0.25, 0.3) is 0 Å². The van der Waals surface area contributed by atoms with Gasteiger partial charge >= 0.3 is 0 Å². The molecule has 0 bridgehead atoms. The van der Waals surface area contributed by atoms with Crippen molar-refractivity contribution < 1.29 is 0 Å². The molecule has 11 heavy (non-hydrogen) atoms. The van der Waals surface area contributed by atoms with Gasteiger partial charge in [-0.2, -0.15) is 0 Å². The minimum absolute atomic E-state index is 0.571. The lowest BCUT2D eigenvalue weighted by Gasteiger charge is -2.26. The monoisotopic (exact) mass is 172 g/mol. The predicted octanol–water partition coefficient (Wildman–Crippen LogP) is 3.70. The Morgan fingerprint density at radius 3 is 2.36 bits per heavy atom. The van der Waals surface area contributed by atoms with Gasteiger partial charge in [-0.3, -0.25) is 0 Å². The van der Waals surface area contributed by atoms with Gasteiger partial charge in [0.25, 0.3) is 0 Å². The first-order chi connectivity index (χ1) is 5.29. The van der Waals surface area contributed by atoms with Gasteiger partial charge in [0.15, 0.2) is 0 Å². The average Bonchev–Trinajstić information content (AvgIpc) is 1.82. The minimum atomic E-state index is 0.571. The second kappa shape index (κ2) is 5.14. The van der Waals surface area contributed by atoms with E-state index in [0.29, 0.717) is 7.92 Å². The molecule has 1 aliphatic rings. The molecule has 0 aromatic heterocycles. The lowest BCUT2D eigenvalue weighted by atomic mass is 10.1. The summed E-state index contributed by atoms with van der Waals surface area (Å²) in [4.78, 5) is 0. The van der Waals surface area contributed by atoms with E-state index in [2.05, 4.69) is 13.8 Å². The Bertz CT molecular complexity index is 95.0. The highest BCUT2D eigenvalue weighted by molar-refractivity contribution is 7.59. The maximum absolute atomic E-state index is 2.33. The largest absolute Gasteiger partial charge is 0.107 e. The molecule has 0 aliphatic carbocycles. The van der Waals surface area contributed by atoms with Crippen LogP contribution in [0.1, 0.15) is 39.5 Å². The minimum Gasteiger partial charge on any atom is -0.107 e. The Hall–Kier alpha value is 0.430. The van der Waals surface area contributed by atoms with Crippen molar-refractivity contribution >= 4 is 7.92 Å². The Morgan fingerprint density at radius 1 is 1.18 bits per heavy atom. The normalized spacial score (nSPS) is 18.8. The molecule has 0 nitrogen and oxygen atoms in total. The molecule has 1 rings (SSSR count). The van der Waals surface area contributed by atoms with Crippen LogP contribution in [0.2, 0.25) is 0 Å². The van der Waals surface area contributed by atoms with Crippen molar-refractivity contribution in [1.29, 1.82) is 0 Å². The molecule has 0 atom stereocenters. The van der Waals surface area contributed by atoms with Crippen molar-refractivity contribution in [3.05, 3.63) is 0 Å². The van der Waals surface area contributed by atoms with Crippen LogP contribution in [0.15, 0.2) is 0 Å².